The van der Waals surface area contributed by atoms with E-state index in [2.05, 4.69) is 12.2 Å². The second-order valence-corrected chi connectivity index (χ2v) is 4.86. The largest absolute Gasteiger partial charge is 0.492 e. The molecule has 0 aromatic heterocycles. The van der Waals surface area contributed by atoms with E-state index in [1.54, 1.807) is 0 Å². The normalized spacial score (nSPS) is 10.6. The number of hydrogen-bond acceptors (Lipinski definition) is 4. The topological polar surface area (TPSA) is 61.8 Å². The number of nitrogens with zero attached hydrogens (tertiary/aromatic N) is 1. The molecule has 0 bridgehead atoms. The number of rotatable bonds is 11. The van der Waals surface area contributed by atoms with Gasteiger partial charge in [0, 0.05) is 6.54 Å². The molecule has 0 aliphatic heterocycles. The number of hydrogen-bond donors (Lipinski definition) is 2. The summed E-state index contributed by atoms with van der Waals surface area (Å²) in [5.41, 5.74) is 0. The molecule has 118 valence electrons. The van der Waals surface area contributed by atoms with Crippen molar-refractivity contribution in [2.75, 3.05) is 39.4 Å². The number of para-hydroxylation sites is 1. The molecule has 0 heterocycles. The SMILES string of the molecule is CCCCN(CCO)CC(=O)NCCOc1ccccc1. The number of nitrogens with one attached hydrogen (secondary N) is 1. The minimum absolute atomic E-state index is 0.0313. The predicted octanol–water partition coefficient (Wildman–Crippen LogP) is 1.28. The molecule has 2 N–H and O–H groups in total. The molecule has 0 atom stereocenters. The second-order valence-electron chi connectivity index (χ2n) is 4.86. The molecule has 0 spiro atoms. The maximum absolute atomic E-state index is 11.8. The summed E-state index contributed by atoms with van der Waals surface area (Å²) in [6, 6.07) is 9.52. The zero-order chi connectivity index (χ0) is 15.3. The van der Waals surface area contributed by atoms with Gasteiger partial charge in [0.25, 0.3) is 0 Å². The smallest absolute Gasteiger partial charge is 0.234 e. The highest BCUT2D eigenvalue weighted by molar-refractivity contribution is 5.77. The first kappa shape index (κ1) is 17.5. The van der Waals surface area contributed by atoms with Crippen molar-refractivity contribution in [2.24, 2.45) is 0 Å². The zero-order valence-electron chi connectivity index (χ0n) is 12.8. The van der Waals surface area contributed by atoms with Gasteiger partial charge in [0.15, 0.2) is 0 Å². The van der Waals surface area contributed by atoms with Crippen LogP contribution in [0.5, 0.6) is 5.75 Å². The quantitative estimate of drug-likeness (QED) is 0.604. The van der Waals surface area contributed by atoms with E-state index in [0.717, 1.165) is 25.1 Å². The maximum Gasteiger partial charge on any atom is 0.234 e. The van der Waals surface area contributed by atoms with Crippen molar-refractivity contribution >= 4 is 5.91 Å². The van der Waals surface area contributed by atoms with Gasteiger partial charge in [-0.25, -0.2) is 0 Å². The van der Waals surface area contributed by atoms with Gasteiger partial charge in [-0.05, 0) is 25.1 Å². The van der Waals surface area contributed by atoms with Crippen molar-refractivity contribution in [3.05, 3.63) is 30.3 Å². The third-order valence-electron chi connectivity index (χ3n) is 3.05. The van der Waals surface area contributed by atoms with Crippen LogP contribution in [0.25, 0.3) is 0 Å². The fourth-order valence-corrected chi connectivity index (χ4v) is 1.93. The Bertz CT molecular complexity index is 384. The molecule has 0 saturated carbocycles. The van der Waals surface area contributed by atoms with E-state index in [0.29, 0.717) is 26.2 Å². The lowest BCUT2D eigenvalue weighted by molar-refractivity contribution is -0.122. The molecule has 0 fully saturated rings. The predicted molar refractivity (Wildman–Crippen MR) is 83.4 cm³/mol. The van der Waals surface area contributed by atoms with E-state index in [1.165, 1.54) is 0 Å². The van der Waals surface area contributed by atoms with Gasteiger partial charge in [0.1, 0.15) is 12.4 Å². The van der Waals surface area contributed by atoms with Crippen LogP contribution < -0.4 is 10.1 Å². The maximum atomic E-state index is 11.8. The minimum atomic E-state index is -0.0313. The van der Waals surface area contributed by atoms with Crippen LogP contribution in [0.15, 0.2) is 30.3 Å². The third kappa shape index (κ3) is 8.32. The van der Waals surface area contributed by atoms with Gasteiger partial charge in [-0.15, -0.1) is 0 Å². The van der Waals surface area contributed by atoms with Crippen LogP contribution in [-0.4, -0.2) is 55.3 Å². The van der Waals surface area contributed by atoms with E-state index in [-0.39, 0.29) is 12.5 Å². The fourth-order valence-electron chi connectivity index (χ4n) is 1.93. The standard InChI is InChI=1S/C16H26N2O3/c1-2-3-10-18(11-12-19)14-16(20)17-9-13-21-15-7-5-4-6-8-15/h4-8,19H,2-3,9-14H2,1H3,(H,17,20). The van der Waals surface area contributed by atoms with Gasteiger partial charge < -0.3 is 15.2 Å². The molecule has 1 amide bonds. The van der Waals surface area contributed by atoms with Gasteiger partial charge >= 0.3 is 0 Å². The Morgan fingerprint density at radius 3 is 2.71 bits per heavy atom. The molecule has 0 unspecified atom stereocenters. The highest BCUT2D eigenvalue weighted by Gasteiger charge is 2.09. The number of aliphatic hydroxyl groups is 1. The summed E-state index contributed by atoms with van der Waals surface area (Å²) in [6.07, 6.45) is 2.11. The summed E-state index contributed by atoms with van der Waals surface area (Å²) < 4.78 is 5.51. The lowest BCUT2D eigenvalue weighted by Crippen LogP contribution is -2.40. The lowest BCUT2D eigenvalue weighted by Gasteiger charge is -2.20. The molecular formula is C16H26N2O3. The summed E-state index contributed by atoms with van der Waals surface area (Å²) in [5.74, 6) is 0.771. The van der Waals surface area contributed by atoms with Crippen molar-refractivity contribution in [3.8, 4) is 5.75 Å². The van der Waals surface area contributed by atoms with Crippen LogP contribution in [0.3, 0.4) is 0 Å². The van der Waals surface area contributed by atoms with Gasteiger partial charge in [-0.3, -0.25) is 9.69 Å². The first-order chi connectivity index (χ1) is 10.3. The Labute approximate surface area is 126 Å². The third-order valence-corrected chi connectivity index (χ3v) is 3.05. The number of unbranched alkanes of at least 4 members (excludes halogenated alkanes) is 1. The Morgan fingerprint density at radius 2 is 2.05 bits per heavy atom. The van der Waals surface area contributed by atoms with Gasteiger partial charge in [-0.2, -0.15) is 0 Å². The van der Waals surface area contributed by atoms with Crippen molar-refractivity contribution in [1.29, 1.82) is 0 Å². The number of benzene rings is 1. The van der Waals surface area contributed by atoms with Crippen LogP contribution in [0.2, 0.25) is 0 Å². The molecule has 0 radical (unpaired) electrons. The van der Waals surface area contributed by atoms with Crippen LogP contribution in [0, 0.1) is 0 Å². The summed E-state index contributed by atoms with van der Waals surface area (Å²) in [4.78, 5) is 13.8. The fraction of sp³-hybridized carbons (Fsp3) is 0.562. The Kier molecular flexibility index (Phi) is 9.24. The highest BCUT2D eigenvalue weighted by Crippen LogP contribution is 2.07. The molecular weight excluding hydrogens is 268 g/mol. The van der Waals surface area contributed by atoms with E-state index in [1.807, 2.05) is 35.2 Å². The monoisotopic (exact) mass is 294 g/mol. The second kappa shape index (κ2) is 11.1. The molecule has 1 aromatic carbocycles. The van der Waals surface area contributed by atoms with Crippen molar-refractivity contribution in [2.45, 2.75) is 19.8 Å². The number of aliphatic hydroxyl groups excluding tert-OH is 1. The zero-order valence-corrected chi connectivity index (χ0v) is 12.8. The van der Waals surface area contributed by atoms with Gasteiger partial charge in [-0.1, -0.05) is 31.5 Å². The Balaban J connectivity index is 2.16. The lowest BCUT2D eigenvalue weighted by atomic mass is 10.3. The van der Waals surface area contributed by atoms with Crippen molar-refractivity contribution in [1.82, 2.24) is 10.2 Å². The molecule has 0 aliphatic rings. The summed E-state index contributed by atoms with van der Waals surface area (Å²) in [6.45, 7) is 4.82. The van der Waals surface area contributed by atoms with Gasteiger partial charge in [0.2, 0.25) is 5.91 Å². The van der Waals surface area contributed by atoms with Crippen LogP contribution >= 0.6 is 0 Å². The van der Waals surface area contributed by atoms with E-state index >= 15 is 0 Å². The average molecular weight is 294 g/mol. The highest BCUT2D eigenvalue weighted by atomic mass is 16.5. The van der Waals surface area contributed by atoms with Crippen molar-refractivity contribution in [3.63, 3.8) is 0 Å². The number of amides is 1. The summed E-state index contributed by atoms with van der Waals surface area (Å²) in [5, 5.41) is 11.8. The van der Waals surface area contributed by atoms with E-state index in [4.69, 9.17) is 9.84 Å². The Hall–Kier alpha value is -1.59. The molecule has 5 nitrogen and oxygen atoms in total. The molecule has 21 heavy (non-hydrogen) atoms. The first-order valence-corrected chi connectivity index (χ1v) is 7.54. The van der Waals surface area contributed by atoms with Crippen molar-refractivity contribution < 1.29 is 14.6 Å². The number of ether oxygens (including phenoxy) is 1. The summed E-state index contributed by atoms with van der Waals surface area (Å²) in [7, 11) is 0. The molecule has 1 aromatic rings. The van der Waals surface area contributed by atoms with Gasteiger partial charge in [0.05, 0.1) is 19.7 Å². The summed E-state index contributed by atoms with van der Waals surface area (Å²) >= 11 is 0. The molecule has 5 heteroatoms. The number of carbonyl (C=O) groups excluding carboxylic acids is 1. The molecule has 0 aliphatic carbocycles. The molecule has 0 saturated heterocycles. The average Bonchev–Trinajstić information content (AvgIpc) is 2.50. The van der Waals surface area contributed by atoms with Crippen LogP contribution in [-0.2, 0) is 4.79 Å². The Morgan fingerprint density at radius 1 is 1.29 bits per heavy atom. The van der Waals surface area contributed by atoms with Crippen LogP contribution in [0.4, 0.5) is 0 Å². The minimum Gasteiger partial charge on any atom is -0.492 e. The van der Waals surface area contributed by atoms with E-state index < -0.39 is 0 Å². The van der Waals surface area contributed by atoms with Crippen LogP contribution in [0.1, 0.15) is 19.8 Å². The number of carbonyl (C=O) groups is 1. The van der Waals surface area contributed by atoms with E-state index in [9.17, 15) is 4.79 Å². The first-order valence-electron chi connectivity index (χ1n) is 7.54. The molecule has 1 rings (SSSR count).